The minimum Gasteiger partial charge on any atom is -0.485 e. The number of methoxy groups -OCH3 is 1. The lowest BCUT2D eigenvalue weighted by Gasteiger charge is -2.41. The molecular weight excluding hydrogens is 490 g/mol. The van der Waals surface area contributed by atoms with Crippen LogP contribution < -0.4 is 26.8 Å². The van der Waals surface area contributed by atoms with Crippen LogP contribution in [0.5, 0.6) is 5.75 Å². The zero-order valence-corrected chi connectivity index (χ0v) is 20.4. The minimum atomic E-state index is -1.41. The molecule has 6 N–H and O–H groups in total. The number of nitrogen functional groups attached to an aromatic ring is 2. The summed E-state index contributed by atoms with van der Waals surface area (Å²) >= 11 is 7.38. The zero-order chi connectivity index (χ0) is 25.7. The second-order valence-corrected chi connectivity index (χ2v) is 9.59. The first-order valence-corrected chi connectivity index (χ1v) is 12.0. The number of piperidine rings is 1. The standard InChI is InChI=1S/C23H24ClN7O3S/c1-33-22(32)16-20(30-19(27)21(29-16)35-14-6-9-28-18(26)15(14)24)31-10-7-23(8-11-31)17(25)12-4-2-3-5-13(12)34-23/h2-6,9,17H,7-8,10-11,25H2,1H3,(H2,26,28)(H2,27,30)/t17-/m1/s1/i17D. The molecule has 12 heteroatoms. The molecule has 0 unspecified atom stereocenters. The number of benzene rings is 1. The molecule has 3 aromatic rings. The van der Waals surface area contributed by atoms with Gasteiger partial charge in [0.05, 0.1) is 19.5 Å². The fraction of sp³-hybridized carbons (Fsp3) is 0.304. The molecule has 1 saturated heterocycles. The number of nitrogens with two attached hydrogens (primary N) is 3. The second-order valence-electron chi connectivity index (χ2n) is 8.18. The van der Waals surface area contributed by atoms with Gasteiger partial charge in [-0.15, -0.1) is 0 Å². The third-order valence-electron chi connectivity index (χ3n) is 6.18. The van der Waals surface area contributed by atoms with Crippen LogP contribution in [0.25, 0.3) is 0 Å². The summed E-state index contributed by atoms with van der Waals surface area (Å²) in [5.74, 6) is 0.550. The summed E-state index contributed by atoms with van der Waals surface area (Å²) < 4.78 is 20.1. The Morgan fingerprint density at radius 1 is 1.26 bits per heavy atom. The van der Waals surface area contributed by atoms with Gasteiger partial charge in [0, 0.05) is 42.6 Å². The number of nitrogens with zero attached hydrogens (tertiary/aromatic N) is 4. The van der Waals surface area contributed by atoms with Crippen molar-refractivity contribution in [3.8, 4) is 5.75 Å². The van der Waals surface area contributed by atoms with Gasteiger partial charge in [0.2, 0.25) is 0 Å². The maximum atomic E-state index is 12.7. The zero-order valence-electron chi connectivity index (χ0n) is 19.8. The summed E-state index contributed by atoms with van der Waals surface area (Å²) in [5, 5.41) is 0.536. The number of pyridine rings is 1. The van der Waals surface area contributed by atoms with Crippen molar-refractivity contribution in [2.75, 3.05) is 36.6 Å². The topological polar surface area (TPSA) is 155 Å². The van der Waals surface area contributed by atoms with Crippen molar-refractivity contribution < 1.29 is 15.6 Å². The predicted octanol–water partition coefficient (Wildman–Crippen LogP) is 3.06. The van der Waals surface area contributed by atoms with Crippen molar-refractivity contribution in [3.05, 3.63) is 52.8 Å². The number of para-hydroxylation sites is 1. The van der Waals surface area contributed by atoms with Crippen LogP contribution in [0, 0.1) is 0 Å². The molecule has 35 heavy (non-hydrogen) atoms. The number of hydrogen-bond donors (Lipinski definition) is 3. The smallest absolute Gasteiger partial charge is 0.360 e. The number of ether oxygens (including phenoxy) is 2. The third kappa shape index (κ3) is 4.09. The average molecular weight is 515 g/mol. The quantitative estimate of drug-likeness (QED) is 0.439. The van der Waals surface area contributed by atoms with Crippen LogP contribution in [-0.4, -0.2) is 46.7 Å². The van der Waals surface area contributed by atoms with Gasteiger partial charge in [-0.25, -0.2) is 19.7 Å². The van der Waals surface area contributed by atoms with Crippen molar-refractivity contribution in [1.29, 1.82) is 0 Å². The van der Waals surface area contributed by atoms with Crippen molar-refractivity contribution >= 4 is 46.8 Å². The molecule has 1 spiro atoms. The number of carbonyl (C=O) groups excluding carboxylic acids is 1. The molecule has 182 valence electrons. The van der Waals surface area contributed by atoms with Crippen LogP contribution in [0.4, 0.5) is 17.5 Å². The third-order valence-corrected chi connectivity index (χ3v) is 7.74. The average Bonchev–Trinajstić information content (AvgIpc) is 3.09. The van der Waals surface area contributed by atoms with Crippen molar-refractivity contribution in [2.45, 2.75) is 34.4 Å². The molecule has 0 radical (unpaired) electrons. The Labute approximate surface area is 212 Å². The molecule has 10 nitrogen and oxygen atoms in total. The normalized spacial score (nSPS) is 20.8. The van der Waals surface area contributed by atoms with E-state index in [9.17, 15) is 4.79 Å². The number of halogens is 1. The van der Waals surface area contributed by atoms with E-state index < -0.39 is 17.6 Å². The number of hydrogen-bond acceptors (Lipinski definition) is 11. The van der Waals surface area contributed by atoms with Crippen LogP contribution in [0.3, 0.4) is 0 Å². The first-order valence-electron chi connectivity index (χ1n) is 11.3. The van der Waals surface area contributed by atoms with Gasteiger partial charge in [-0.2, -0.15) is 0 Å². The molecule has 2 aromatic heterocycles. The van der Waals surface area contributed by atoms with E-state index in [0.717, 1.165) is 11.8 Å². The maximum Gasteiger partial charge on any atom is 0.360 e. The van der Waals surface area contributed by atoms with Gasteiger partial charge in [-0.1, -0.05) is 41.6 Å². The van der Waals surface area contributed by atoms with Gasteiger partial charge in [0.25, 0.3) is 0 Å². The summed E-state index contributed by atoms with van der Waals surface area (Å²) in [5.41, 5.74) is 18.3. The number of aromatic nitrogens is 3. The van der Waals surface area contributed by atoms with Gasteiger partial charge < -0.3 is 31.6 Å². The van der Waals surface area contributed by atoms with Crippen LogP contribution in [-0.2, 0) is 4.74 Å². The van der Waals surface area contributed by atoms with E-state index >= 15 is 0 Å². The molecule has 0 saturated carbocycles. The van der Waals surface area contributed by atoms with Crippen LogP contribution in [0.1, 0.15) is 36.3 Å². The van der Waals surface area contributed by atoms with E-state index in [4.69, 9.17) is 39.6 Å². The Morgan fingerprint density at radius 2 is 2.00 bits per heavy atom. The molecule has 0 bridgehead atoms. The van der Waals surface area contributed by atoms with Crippen LogP contribution in [0.15, 0.2) is 46.5 Å². The summed E-state index contributed by atoms with van der Waals surface area (Å²) in [6.45, 7) is 0.840. The molecule has 1 fully saturated rings. The highest BCUT2D eigenvalue weighted by Gasteiger charge is 2.48. The largest absolute Gasteiger partial charge is 0.485 e. The highest BCUT2D eigenvalue weighted by Crippen LogP contribution is 2.47. The van der Waals surface area contributed by atoms with E-state index in [1.807, 2.05) is 29.2 Å². The Morgan fingerprint density at radius 3 is 2.71 bits per heavy atom. The highest BCUT2D eigenvalue weighted by atomic mass is 35.5. The van der Waals surface area contributed by atoms with Gasteiger partial charge in [-0.05, 0) is 12.1 Å². The fourth-order valence-corrected chi connectivity index (χ4v) is 5.36. The van der Waals surface area contributed by atoms with E-state index in [1.54, 1.807) is 6.07 Å². The van der Waals surface area contributed by atoms with Crippen molar-refractivity contribution in [1.82, 2.24) is 15.0 Å². The molecular formula is C23H24ClN7O3S. The lowest BCUT2D eigenvalue weighted by molar-refractivity contribution is 0.0429. The Bertz CT molecular complexity index is 1350. The maximum absolute atomic E-state index is 12.7. The van der Waals surface area contributed by atoms with Gasteiger partial charge in [0.15, 0.2) is 17.3 Å². The Hall–Kier alpha value is -3.28. The van der Waals surface area contributed by atoms with Crippen molar-refractivity contribution in [2.24, 2.45) is 5.73 Å². The Balaban J connectivity index is 1.44. The monoisotopic (exact) mass is 514 g/mol. The van der Waals surface area contributed by atoms with Crippen LogP contribution in [0.2, 0.25) is 5.02 Å². The molecule has 5 rings (SSSR count). The summed E-state index contributed by atoms with van der Waals surface area (Å²) in [7, 11) is 1.27. The Kier molecular flexibility index (Phi) is 5.75. The molecule has 0 aliphatic carbocycles. The fourth-order valence-electron chi connectivity index (χ4n) is 4.32. The number of carbonyl (C=O) groups is 1. The van der Waals surface area contributed by atoms with E-state index in [-0.39, 0.29) is 27.4 Å². The second kappa shape index (κ2) is 9.06. The molecule has 0 amide bonds. The first kappa shape index (κ1) is 22.2. The molecule has 2 aliphatic rings. The van der Waals surface area contributed by atoms with E-state index in [1.165, 1.54) is 13.3 Å². The lowest BCUT2D eigenvalue weighted by Crippen LogP contribution is -2.52. The van der Waals surface area contributed by atoms with Gasteiger partial charge in [-0.3, -0.25) is 0 Å². The van der Waals surface area contributed by atoms with E-state index in [2.05, 4.69) is 15.0 Å². The van der Waals surface area contributed by atoms with Gasteiger partial charge >= 0.3 is 5.97 Å². The molecule has 4 heterocycles. The molecule has 2 aliphatic heterocycles. The SMILES string of the molecule is [2H][C@@]1(N)c2ccccc2OC12CCN(c1nc(N)c(Sc3ccnc(N)c3Cl)nc1C(=O)OC)CC2. The number of esters is 1. The summed E-state index contributed by atoms with van der Waals surface area (Å²) in [4.78, 5) is 28.1. The van der Waals surface area contributed by atoms with Crippen molar-refractivity contribution in [3.63, 3.8) is 0 Å². The van der Waals surface area contributed by atoms with Gasteiger partial charge in [0.1, 0.15) is 22.2 Å². The number of anilines is 3. The van der Waals surface area contributed by atoms with Crippen LogP contribution >= 0.6 is 23.4 Å². The molecule has 1 atom stereocenters. The summed E-state index contributed by atoms with van der Waals surface area (Å²) in [6, 6.07) is 7.62. The number of fused-ring (bicyclic) bond motifs is 1. The first-order chi connectivity index (χ1) is 17.2. The lowest BCUT2D eigenvalue weighted by atomic mass is 9.83. The van der Waals surface area contributed by atoms with E-state index in [0.29, 0.717) is 48.0 Å². The molecule has 1 aromatic carbocycles. The predicted molar refractivity (Wildman–Crippen MR) is 134 cm³/mol. The minimum absolute atomic E-state index is 0.0174. The number of rotatable bonds is 4. The highest BCUT2D eigenvalue weighted by molar-refractivity contribution is 7.99. The summed E-state index contributed by atoms with van der Waals surface area (Å²) in [6.07, 6.45) is 2.39.